The van der Waals surface area contributed by atoms with E-state index in [0.717, 1.165) is 0 Å². The predicted molar refractivity (Wildman–Crippen MR) is 30.0 cm³/mol. The van der Waals surface area contributed by atoms with Crippen molar-refractivity contribution in [2.75, 3.05) is 0 Å². The minimum absolute atomic E-state index is 1.17. The predicted octanol–water partition coefficient (Wildman–Crippen LogP) is 1.54. The molecule has 0 aromatic carbocycles. The van der Waals surface area contributed by atoms with Crippen molar-refractivity contribution in [2.24, 2.45) is 0 Å². The zero-order chi connectivity index (χ0) is 4.83. The summed E-state index contributed by atoms with van der Waals surface area (Å²) in [6, 6.07) is 0. The molecular formula is C5H9Li. The molecule has 0 bridgehead atoms. The molecule has 0 fully saturated rings. The van der Waals surface area contributed by atoms with Crippen LogP contribution in [-0.2, 0) is 0 Å². The zero-order valence-corrected chi connectivity index (χ0v) is 4.57. The Morgan fingerprint density at radius 1 is 1.50 bits per heavy atom. The standard InChI is InChI=1S/C5H9.Li/c1-3-5-4-2;/h3,5H,1,4H2,2H3;. The number of hydrogen-bond donors (Lipinski definition) is 0. The van der Waals surface area contributed by atoms with Gasteiger partial charge in [0.05, 0.1) is 0 Å². The Kier molecular flexibility index (Phi) is 5.64. The van der Waals surface area contributed by atoms with E-state index in [0.29, 0.717) is 0 Å². The summed E-state index contributed by atoms with van der Waals surface area (Å²) >= 11 is 2.14. The third kappa shape index (κ3) is 4.34. The van der Waals surface area contributed by atoms with Gasteiger partial charge in [-0.3, -0.25) is 0 Å². The van der Waals surface area contributed by atoms with Crippen LogP contribution in [0.3, 0.4) is 0 Å². The van der Waals surface area contributed by atoms with Crippen LogP contribution >= 0.6 is 0 Å². The van der Waals surface area contributed by atoms with Crippen molar-refractivity contribution >= 4 is 17.7 Å². The molecule has 0 aliphatic carbocycles. The van der Waals surface area contributed by atoms with E-state index >= 15 is 0 Å². The third-order valence-corrected chi connectivity index (χ3v) is 0.638. The molecule has 0 N–H and O–H groups in total. The SMILES string of the molecule is [Li][CH2]C=CCC. The molecular weight excluding hydrogens is 67.0 g/mol. The van der Waals surface area contributed by atoms with Crippen LogP contribution in [0, 0.1) is 0 Å². The van der Waals surface area contributed by atoms with Crippen molar-refractivity contribution in [2.45, 2.75) is 18.4 Å². The van der Waals surface area contributed by atoms with E-state index in [1.807, 2.05) is 0 Å². The van der Waals surface area contributed by atoms with Crippen molar-refractivity contribution < 1.29 is 0 Å². The maximum absolute atomic E-state index is 2.18. The summed E-state index contributed by atoms with van der Waals surface area (Å²) in [5.74, 6) is 0. The van der Waals surface area contributed by atoms with Crippen LogP contribution in [0.1, 0.15) is 13.3 Å². The molecule has 6 heavy (non-hydrogen) atoms. The van der Waals surface area contributed by atoms with Crippen molar-refractivity contribution in [3.05, 3.63) is 12.2 Å². The summed E-state index contributed by atoms with van der Waals surface area (Å²) < 4.78 is 0. The van der Waals surface area contributed by atoms with Crippen molar-refractivity contribution in [3.63, 3.8) is 0 Å². The average molecular weight is 76.1 g/mol. The average Bonchev–Trinajstić information content (AvgIpc) is 1.61. The van der Waals surface area contributed by atoms with Gasteiger partial charge >= 0.3 is 48.3 Å². The fourth-order valence-electron chi connectivity index (χ4n) is 0.333. The van der Waals surface area contributed by atoms with E-state index in [1.54, 1.807) is 0 Å². The third-order valence-electron chi connectivity index (χ3n) is 0.638. The van der Waals surface area contributed by atoms with Crippen LogP contribution in [0.5, 0.6) is 0 Å². The summed E-state index contributed by atoms with van der Waals surface area (Å²) in [7, 11) is 0. The number of hydrogen-bond acceptors (Lipinski definition) is 0. The second-order valence-corrected chi connectivity index (χ2v) is 1.29. The first-order chi connectivity index (χ1) is 2.91. The van der Waals surface area contributed by atoms with E-state index in [9.17, 15) is 0 Å². The van der Waals surface area contributed by atoms with Crippen LogP contribution in [0.2, 0.25) is 5.09 Å². The van der Waals surface area contributed by atoms with E-state index in [1.165, 1.54) is 11.5 Å². The summed E-state index contributed by atoms with van der Waals surface area (Å²) in [6.07, 6.45) is 5.54. The zero-order valence-electron chi connectivity index (χ0n) is 4.57. The van der Waals surface area contributed by atoms with E-state index in [2.05, 4.69) is 36.8 Å². The van der Waals surface area contributed by atoms with E-state index < -0.39 is 0 Å². The molecule has 0 spiro atoms. The molecule has 0 saturated carbocycles. The van der Waals surface area contributed by atoms with Gasteiger partial charge in [-0.2, -0.15) is 0 Å². The quantitative estimate of drug-likeness (QED) is 0.345. The van der Waals surface area contributed by atoms with E-state index in [-0.39, 0.29) is 0 Å². The topological polar surface area (TPSA) is 0 Å². The summed E-state index contributed by atoms with van der Waals surface area (Å²) in [5.41, 5.74) is 0. The molecule has 0 unspecified atom stereocenters. The first kappa shape index (κ1) is 6.34. The van der Waals surface area contributed by atoms with Crippen molar-refractivity contribution in [1.82, 2.24) is 0 Å². The van der Waals surface area contributed by atoms with Gasteiger partial charge in [0.2, 0.25) is 0 Å². The van der Waals surface area contributed by atoms with Gasteiger partial charge in [-0.1, -0.05) is 0 Å². The van der Waals surface area contributed by atoms with Crippen LogP contribution in [0.4, 0.5) is 0 Å². The fourth-order valence-corrected chi connectivity index (χ4v) is 0.333. The van der Waals surface area contributed by atoms with Gasteiger partial charge in [-0.25, -0.2) is 0 Å². The fraction of sp³-hybridized carbons (Fsp3) is 0.600. The van der Waals surface area contributed by atoms with Crippen molar-refractivity contribution in [3.8, 4) is 0 Å². The Bertz CT molecular complexity index is 33.2. The summed E-state index contributed by atoms with van der Waals surface area (Å²) in [5, 5.41) is 1.17. The Balaban J connectivity index is 2.73. The molecule has 1 heteroatoms. The van der Waals surface area contributed by atoms with Crippen LogP contribution in [0.25, 0.3) is 0 Å². The summed E-state index contributed by atoms with van der Waals surface area (Å²) in [6.45, 7) is 2.14. The molecule has 0 aromatic rings. The Morgan fingerprint density at radius 3 is 2.33 bits per heavy atom. The van der Waals surface area contributed by atoms with Crippen LogP contribution < -0.4 is 0 Å². The maximum atomic E-state index is 2.18. The molecule has 0 aliphatic rings. The van der Waals surface area contributed by atoms with Crippen molar-refractivity contribution in [1.29, 1.82) is 0 Å². The van der Waals surface area contributed by atoms with Crippen LogP contribution in [0.15, 0.2) is 12.2 Å². The second-order valence-electron chi connectivity index (χ2n) is 1.29. The molecule has 0 aliphatic heterocycles. The normalized spacial score (nSPS) is 10.5. The Labute approximate surface area is 48.8 Å². The number of rotatable bonds is 2. The van der Waals surface area contributed by atoms with Gasteiger partial charge in [0.15, 0.2) is 0 Å². The first-order valence-corrected chi connectivity index (χ1v) is 2.56. The molecule has 30 valence electrons. The molecule has 0 radical (unpaired) electrons. The molecule has 0 rings (SSSR count). The van der Waals surface area contributed by atoms with Gasteiger partial charge < -0.3 is 0 Å². The Hall–Kier alpha value is 0.337. The van der Waals surface area contributed by atoms with E-state index in [4.69, 9.17) is 0 Å². The molecule has 0 amide bonds. The van der Waals surface area contributed by atoms with Crippen LogP contribution in [-0.4, -0.2) is 17.7 Å². The summed E-state index contributed by atoms with van der Waals surface area (Å²) in [4.78, 5) is 0. The second kappa shape index (κ2) is 5.34. The van der Waals surface area contributed by atoms with Gasteiger partial charge in [0.1, 0.15) is 0 Å². The monoisotopic (exact) mass is 76.1 g/mol. The molecule has 0 nitrogen and oxygen atoms in total. The minimum atomic E-state index is 1.17. The molecule has 0 aromatic heterocycles. The molecule has 0 atom stereocenters. The Morgan fingerprint density at radius 2 is 2.17 bits per heavy atom. The van der Waals surface area contributed by atoms with Gasteiger partial charge in [-0.05, 0) is 0 Å². The van der Waals surface area contributed by atoms with Gasteiger partial charge in [0, 0.05) is 0 Å². The molecule has 0 saturated heterocycles. The van der Waals surface area contributed by atoms with Gasteiger partial charge in [0.25, 0.3) is 0 Å². The number of allylic oxidation sites excluding steroid dienone is 2. The molecule has 0 heterocycles. The first-order valence-electron chi connectivity index (χ1n) is 2.56. The van der Waals surface area contributed by atoms with Gasteiger partial charge in [-0.15, -0.1) is 0 Å².